The van der Waals surface area contributed by atoms with E-state index in [1.165, 1.54) is 57.8 Å². The van der Waals surface area contributed by atoms with E-state index in [4.69, 9.17) is 10.2 Å². The number of hydrogen-bond donors (Lipinski definition) is 2. The molecular weight excluding hydrogens is 236 g/mol. The zero-order valence-electron chi connectivity index (χ0n) is 12.4. The predicted octanol–water partition coefficient (Wildman–Crippen LogP) is 5.14. The van der Waals surface area contributed by atoms with Crippen molar-refractivity contribution in [2.24, 2.45) is 5.92 Å². The van der Waals surface area contributed by atoms with Gasteiger partial charge < -0.3 is 10.2 Å². The SMILES string of the molecule is C=CC(CC=CO)CCCCCCCCCCCO. The first-order chi connectivity index (χ1) is 9.35. The summed E-state index contributed by atoms with van der Waals surface area (Å²) in [5.41, 5.74) is 0. The highest BCUT2D eigenvalue weighted by molar-refractivity contribution is 4.86. The van der Waals surface area contributed by atoms with Crippen LogP contribution in [0.5, 0.6) is 0 Å². The van der Waals surface area contributed by atoms with E-state index in [9.17, 15) is 0 Å². The molecule has 0 aromatic rings. The number of rotatable bonds is 14. The highest BCUT2D eigenvalue weighted by Crippen LogP contribution is 2.17. The Morgan fingerprint density at radius 1 is 0.842 bits per heavy atom. The van der Waals surface area contributed by atoms with E-state index in [-0.39, 0.29) is 0 Å². The molecule has 0 saturated carbocycles. The van der Waals surface area contributed by atoms with Crippen LogP contribution in [0, 0.1) is 5.92 Å². The number of allylic oxidation sites excluding steroid dienone is 2. The monoisotopic (exact) mass is 268 g/mol. The molecule has 0 aliphatic heterocycles. The summed E-state index contributed by atoms with van der Waals surface area (Å²) in [5.74, 6) is 0.516. The van der Waals surface area contributed by atoms with Crippen molar-refractivity contribution in [3.63, 3.8) is 0 Å². The zero-order chi connectivity index (χ0) is 14.2. The van der Waals surface area contributed by atoms with Crippen LogP contribution in [-0.2, 0) is 0 Å². The number of unbranched alkanes of at least 4 members (excludes halogenated alkanes) is 8. The van der Waals surface area contributed by atoms with Gasteiger partial charge in [-0.3, -0.25) is 0 Å². The molecule has 0 amide bonds. The van der Waals surface area contributed by atoms with E-state index in [2.05, 4.69) is 6.58 Å². The molecule has 2 N–H and O–H groups in total. The van der Waals surface area contributed by atoms with Gasteiger partial charge in [0.15, 0.2) is 0 Å². The van der Waals surface area contributed by atoms with Crippen LogP contribution in [0.4, 0.5) is 0 Å². The Morgan fingerprint density at radius 3 is 1.84 bits per heavy atom. The number of aliphatic hydroxyl groups is 2. The molecule has 0 aromatic carbocycles. The highest BCUT2D eigenvalue weighted by Gasteiger charge is 2.01. The Balaban J connectivity index is 3.23. The van der Waals surface area contributed by atoms with E-state index in [0.717, 1.165) is 19.1 Å². The lowest BCUT2D eigenvalue weighted by Crippen LogP contribution is -1.94. The van der Waals surface area contributed by atoms with Gasteiger partial charge in [-0.15, -0.1) is 6.58 Å². The maximum atomic E-state index is 8.66. The van der Waals surface area contributed by atoms with Gasteiger partial charge in [-0.2, -0.15) is 0 Å². The van der Waals surface area contributed by atoms with Crippen molar-refractivity contribution in [2.75, 3.05) is 6.61 Å². The van der Waals surface area contributed by atoms with Gasteiger partial charge in [-0.1, -0.05) is 57.4 Å². The first-order valence-corrected chi connectivity index (χ1v) is 7.87. The van der Waals surface area contributed by atoms with Crippen LogP contribution in [0.3, 0.4) is 0 Å². The third-order valence-corrected chi connectivity index (χ3v) is 3.61. The molecule has 0 fully saturated rings. The fourth-order valence-corrected chi connectivity index (χ4v) is 2.32. The van der Waals surface area contributed by atoms with Gasteiger partial charge in [-0.05, 0) is 31.3 Å². The first kappa shape index (κ1) is 18.2. The molecule has 0 aliphatic carbocycles. The molecule has 0 spiro atoms. The summed E-state index contributed by atoms with van der Waals surface area (Å²) < 4.78 is 0. The molecule has 1 unspecified atom stereocenters. The molecule has 0 aromatic heterocycles. The Hall–Kier alpha value is -0.760. The second kappa shape index (κ2) is 15.3. The summed E-state index contributed by atoms with van der Waals surface area (Å²) in [7, 11) is 0. The summed E-state index contributed by atoms with van der Waals surface area (Å²) >= 11 is 0. The van der Waals surface area contributed by atoms with Crippen molar-refractivity contribution < 1.29 is 10.2 Å². The molecule has 19 heavy (non-hydrogen) atoms. The first-order valence-electron chi connectivity index (χ1n) is 7.87. The lowest BCUT2D eigenvalue weighted by atomic mass is 9.97. The Bertz CT molecular complexity index is 211. The maximum absolute atomic E-state index is 8.66. The van der Waals surface area contributed by atoms with Crippen LogP contribution in [-0.4, -0.2) is 16.8 Å². The van der Waals surface area contributed by atoms with Crippen molar-refractivity contribution in [3.05, 3.63) is 25.0 Å². The Labute approximate surface area is 119 Å². The van der Waals surface area contributed by atoms with E-state index in [1.54, 1.807) is 6.08 Å². The highest BCUT2D eigenvalue weighted by atomic mass is 16.3. The fourth-order valence-electron chi connectivity index (χ4n) is 2.32. The summed E-state index contributed by atoms with van der Waals surface area (Å²) in [6.07, 6.45) is 18.3. The van der Waals surface area contributed by atoms with Crippen molar-refractivity contribution in [3.8, 4) is 0 Å². The third kappa shape index (κ3) is 13.5. The Kier molecular flexibility index (Phi) is 14.7. The largest absolute Gasteiger partial charge is 0.516 e. The van der Waals surface area contributed by atoms with Crippen LogP contribution in [0.1, 0.15) is 70.6 Å². The van der Waals surface area contributed by atoms with E-state index >= 15 is 0 Å². The van der Waals surface area contributed by atoms with Gasteiger partial charge in [0.1, 0.15) is 0 Å². The molecule has 0 aliphatic rings. The predicted molar refractivity (Wildman–Crippen MR) is 83.3 cm³/mol. The minimum Gasteiger partial charge on any atom is -0.516 e. The van der Waals surface area contributed by atoms with Crippen LogP contribution < -0.4 is 0 Å². The molecule has 0 bridgehead atoms. The summed E-state index contributed by atoms with van der Waals surface area (Å²) in [6.45, 7) is 4.19. The normalized spacial score (nSPS) is 12.9. The van der Waals surface area contributed by atoms with Crippen LogP contribution >= 0.6 is 0 Å². The van der Waals surface area contributed by atoms with Gasteiger partial charge in [-0.25, -0.2) is 0 Å². The molecule has 2 nitrogen and oxygen atoms in total. The molecule has 2 heteroatoms. The van der Waals surface area contributed by atoms with Gasteiger partial charge in [0.05, 0.1) is 6.26 Å². The van der Waals surface area contributed by atoms with Crippen molar-refractivity contribution in [1.29, 1.82) is 0 Å². The van der Waals surface area contributed by atoms with Gasteiger partial charge >= 0.3 is 0 Å². The average molecular weight is 268 g/mol. The average Bonchev–Trinajstić information content (AvgIpc) is 2.44. The smallest absolute Gasteiger partial charge is 0.0751 e. The van der Waals surface area contributed by atoms with Crippen molar-refractivity contribution >= 4 is 0 Å². The third-order valence-electron chi connectivity index (χ3n) is 3.61. The molecule has 0 saturated heterocycles. The van der Waals surface area contributed by atoms with Gasteiger partial charge in [0, 0.05) is 6.61 Å². The fraction of sp³-hybridized carbons (Fsp3) is 0.765. The molecule has 0 radical (unpaired) electrons. The lowest BCUT2D eigenvalue weighted by molar-refractivity contribution is 0.282. The zero-order valence-corrected chi connectivity index (χ0v) is 12.4. The molecule has 0 rings (SSSR count). The molecule has 112 valence electrons. The van der Waals surface area contributed by atoms with Gasteiger partial charge in [0.2, 0.25) is 0 Å². The van der Waals surface area contributed by atoms with Crippen LogP contribution in [0.25, 0.3) is 0 Å². The summed E-state index contributed by atoms with van der Waals surface area (Å²) in [4.78, 5) is 0. The van der Waals surface area contributed by atoms with Crippen LogP contribution in [0.2, 0.25) is 0 Å². The minimum atomic E-state index is 0.343. The summed E-state index contributed by atoms with van der Waals surface area (Å²) in [5, 5.41) is 17.3. The van der Waals surface area contributed by atoms with Crippen LogP contribution in [0.15, 0.2) is 25.0 Å². The number of hydrogen-bond acceptors (Lipinski definition) is 2. The van der Waals surface area contributed by atoms with Gasteiger partial charge in [0.25, 0.3) is 0 Å². The minimum absolute atomic E-state index is 0.343. The summed E-state index contributed by atoms with van der Waals surface area (Å²) in [6, 6.07) is 0. The van der Waals surface area contributed by atoms with E-state index in [0.29, 0.717) is 12.5 Å². The maximum Gasteiger partial charge on any atom is 0.0751 e. The second-order valence-corrected chi connectivity index (χ2v) is 5.31. The Morgan fingerprint density at radius 2 is 1.37 bits per heavy atom. The number of aliphatic hydroxyl groups excluding tert-OH is 2. The molecule has 1 atom stereocenters. The second-order valence-electron chi connectivity index (χ2n) is 5.31. The van der Waals surface area contributed by atoms with E-state index < -0.39 is 0 Å². The lowest BCUT2D eigenvalue weighted by Gasteiger charge is -2.09. The van der Waals surface area contributed by atoms with Crippen molar-refractivity contribution in [2.45, 2.75) is 70.6 Å². The van der Waals surface area contributed by atoms with E-state index in [1.807, 2.05) is 6.08 Å². The van der Waals surface area contributed by atoms with Crippen molar-refractivity contribution in [1.82, 2.24) is 0 Å². The standard InChI is InChI=1S/C17H32O2/c1-2-17(14-12-16-19)13-10-8-6-4-3-5-7-9-11-15-18/h2,12,16-19H,1,3-11,13-15H2. The molecular formula is C17H32O2. The molecule has 0 heterocycles. The topological polar surface area (TPSA) is 40.5 Å². The quantitative estimate of drug-likeness (QED) is 0.260.